The molecule has 264 valence electrons. The number of fused-ring (bicyclic) bond motifs is 1. The minimum Gasteiger partial charge on any atom is -0.347 e. The van der Waals surface area contributed by atoms with Gasteiger partial charge in [-0.3, -0.25) is 23.6 Å². The van der Waals surface area contributed by atoms with Crippen molar-refractivity contribution in [1.82, 2.24) is 40.1 Å². The number of hydrogen-bond donors (Lipinski definition) is 3. The van der Waals surface area contributed by atoms with Crippen molar-refractivity contribution < 1.29 is 23.6 Å². The Labute approximate surface area is 291 Å². The van der Waals surface area contributed by atoms with Gasteiger partial charge in [0.2, 0.25) is 17.6 Å². The van der Waals surface area contributed by atoms with Gasteiger partial charge in [-0.15, -0.1) is 0 Å². The molecule has 0 unspecified atom stereocenters. The lowest BCUT2D eigenvalue weighted by molar-refractivity contribution is -0.140. The SMILES string of the molecule is CN[C@@H](C)C(=O)N[C@H](C(=O)N1C[C@@H](NC(=O)c2ccccc2)C[C@H]1CN(CCc1ccc(F)cc1)C(=O)c1cn2cccnc2n1)C(C)(C)C. The van der Waals surface area contributed by atoms with E-state index in [0.717, 1.165) is 5.56 Å². The molecule has 2 aromatic heterocycles. The van der Waals surface area contributed by atoms with E-state index >= 15 is 0 Å². The van der Waals surface area contributed by atoms with Crippen molar-refractivity contribution in [2.75, 3.05) is 26.7 Å². The maximum Gasteiger partial charge on any atom is 0.274 e. The number of halogens is 1. The third-order valence-electron chi connectivity index (χ3n) is 9.05. The predicted octanol–water partition coefficient (Wildman–Crippen LogP) is 3.09. The number of hydrogen-bond acceptors (Lipinski definition) is 7. The van der Waals surface area contributed by atoms with Crippen molar-refractivity contribution in [3.63, 3.8) is 0 Å². The monoisotopic (exact) mass is 684 g/mol. The summed E-state index contributed by atoms with van der Waals surface area (Å²) in [6, 6.07) is 14.3. The first-order valence-corrected chi connectivity index (χ1v) is 16.8. The quantitative estimate of drug-likeness (QED) is 0.208. The lowest BCUT2D eigenvalue weighted by atomic mass is 9.85. The van der Waals surface area contributed by atoms with E-state index in [1.54, 1.807) is 89.2 Å². The number of nitrogens with zero attached hydrogens (tertiary/aromatic N) is 5. The standard InChI is InChI=1S/C37H45FN8O4/c1-24(39-5)32(47)43-31(37(2,3)4)35(50)46-21-28(41-33(48)26-10-7-6-8-11-26)20-29(46)22-44(19-16-25-12-14-27(38)15-13-25)34(49)30-23-45-18-9-17-40-36(45)42-30/h6-15,17-18,23-24,28-29,31,39H,16,19-22H2,1-5H3,(H,41,48)(H,43,47)/t24-,28-,29-,31+/m0/s1. The van der Waals surface area contributed by atoms with Gasteiger partial charge in [-0.2, -0.15) is 0 Å². The third kappa shape index (κ3) is 8.70. The molecule has 1 aliphatic heterocycles. The minimum atomic E-state index is -0.884. The van der Waals surface area contributed by atoms with Crippen LogP contribution in [0.2, 0.25) is 0 Å². The van der Waals surface area contributed by atoms with Gasteiger partial charge >= 0.3 is 0 Å². The average Bonchev–Trinajstić information content (AvgIpc) is 3.72. The average molecular weight is 685 g/mol. The number of nitrogens with one attached hydrogen (secondary N) is 3. The zero-order chi connectivity index (χ0) is 36.0. The summed E-state index contributed by atoms with van der Waals surface area (Å²) in [6.45, 7) is 7.94. The van der Waals surface area contributed by atoms with Gasteiger partial charge in [-0.25, -0.2) is 14.4 Å². The molecule has 3 heterocycles. The molecule has 1 aliphatic rings. The number of rotatable bonds is 12. The summed E-state index contributed by atoms with van der Waals surface area (Å²) in [5.41, 5.74) is 0.861. The Kier molecular flexibility index (Phi) is 11.3. The Bertz CT molecular complexity index is 1770. The molecule has 3 N–H and O–H groups in total. The molecule has 0 saturated carbocycles. The van der Waals surface area contributed by atoms with Crippen LogP contribution in [0.25, 0.3) is 5.78 Å². The summed E-state index contributed by atoms with van der Waals surface area (Å²) in [5.74, 6) is -1.23. The number of amides is 4. The molecule has 50 heavy (non-hydrogen) atoms. The van der Waals surface area contributed by atoms with Crippen molar-refractivity contribution in [1.29, 1.82) is 0 Å². The van der Waals surface area contributed by atoms with Crippen LogP contribution in [0.4, 0.5) is 4.39 Å². The van der Waals surface area contributed by atoms with Crippen LogP contribution in [-0.4, -0.2) is 98.6 Å². The zero-order valence-corrected chi connectivity index (χ0v) is 29.1. The topological polar surface area (TPSA) is 141 Å². The maximum atomic E-state index is 14.5. The normalized spacial score (nSPS) is 17.3. The van der Waals surface area contributed by atoms with E-state index in [2.05, 4.69) is 25.9 Å². The van der Waals surface area contributed by atoms with Gasteiger partial charge in [0.15, 0.2) is 0 Å². The van der Waals surface area contributed by atoms with Gasteiger partial charge in [0.25, 0.3) is 11.8 Å². The minimum absolute atomic E-state index is 0.127. The van der Waals surface area contributed by atoms with Gasteiger partial charge in [0.05, 0.1) is 12.1 Å². The van der Waals surface area contributed by atoms with E-state index in [9.17, 15) is 23.6 Å². The fourth-order valence-electron chi connectivity index (χ4n) is 6.08. The largest absolute Gasteiger partial charge is 0.347 e. The van der Waals surface area contributed by atoms with Crippen LogP contribution in [0.3, 0.4) is 0 Å². The fourth-order valence-corrected chi connectivity index (χ4v) is 6.08. The van der Waals surface area contributed by atoms with Crippen molar-refractivity contribution >= 4 is 29.4 Å². The Balaban J connectivity index is 1.46. The summed E-state index contributed by atoms with van der Waals surface area (Å²) in [7, 11) is 1.67. The van der Waals surface area contributed by atoms with Crippen LogP contribution in [0.1, 0.15) is 60.5 Å². The first-order chi connectivity index (χ1) is 23.8. The number of carbonyl (C=O) groups excluding carboxylic acids is 4. The molecule has 4 atom stereocenters. The summed E-state index contributed by atoms with van der Waals surface area (Å²) >= 11 is 0. The molecule has 4 amide bonds. The van der Waals surface area contributed by atoms with Crippen molar-refractivity contribution in [2.24, 2.45) is 5.41 Å². The highest BCUT2D eigenvalue weighted by atomic mass is 19.1. The van der Waals surface area contributed by atoms with E-state index in [-0.39, 0.29) is 54.8 Å². The number of carbonyl (C=O) groups is 4. The molecular weight excluding hydrogens is 639 g/mol. The molecule has 12 nitrogen and oxygen atoms in total. The zero-order valence-electron chi connectivity index (χ0n) is 29.1. The van der Waals surface area contributed by atoms with E-state index in [1.165, 1.54) is 12.1 Å². The van der Waals surface area contributed by atoms with Crippen molar-refractivity contribution in [3.05, 3.63) is 102 Å². The third-order valence-corrected chi connectivity index (χ3v) is 9.05. The molecule has 0 radical (unpaired) electrons. The summed E-state index contributed by atoms with van der Waals surface area (Å²) in [5, 5.41) is 8.94. The fraction of sp³-hybridized carbons (Fsp3) is 0.405. The maximum absolute atomic E-state index is 14.5. The number of imidazole rings is 1. The van der Waals surface area contributed by atoms with Gasteiger partial charge in [0.1, 0.15) is 17.6 Å². The summed E-state index contributed by atoms with van der Waals surface area (Å²) in [6.07, 6.45) is 5.76. The second-order valence-corrected chi connectivity index (χ2v) is 13.8. The number of likely N-dealkylation sites (N-methyl/N-ethyl adjacent to an activating group) is 1. The molecule has 13 heteroatoms. The first-order valence-electron chi connectivity index (χ1n) is 16.8. The number of likely N-dealkylation sites (tertiary alicyclic amines) is 1. The van der Waals surface area contributed by atoms with Crippen LogP contribution in [0.15, 0.2) is 79.3 Å². The summed E-state index contributed by atoms with van der Waals surface area (Å²) in [4.78, 5) is 67.0. The predicted molar refractivity (Wildman–Crippen MR) is 187 cm³/mol. The number of benzene rings is 2. The Morgan fingerprint density at radius 3 is 2.42 bits per heavy atom. The van der Waals surface area contributed by atoms with E-state index in [1.807, 2.05) is 26.8 Å². The molecule has 1 saturated heterocycles. The lowest BCUT2D eigenvalue weighted by Gasteiger charge is -2.37. The number of aromatic nitrogens is 3. The highest BCUT2D eigenvalue weighted by molar-refractivity contribution is 5.95. The van der Waals surface area contributed by atoms with Crippen LogP contribution < -0.4 is 16.0 Å². The molecule has 1 fully saturated rings. The van der Waals surface area contributed by atoms with Crippen molar-refractivity contribution in [2.45, 2.75) is 64.7 Å². The second kappa shape index (κ2) is 15.6. The van der Waals surface area contributed by atoms with E-state index < -0.39 is 29.6 Å². The molecule has 5 rings (SSSR count). The molecule has 0 spiro atoms. The molecule has 0 bridgehead atoms. The van der Waals surface area contributed by atoms with E-state index in [4.69, 9.17) is 0 Å². The molecular formula is C37H45FN8O4. The second-order valence-electron chi connectivity index (χ2n) is 13.8. The Hall–Kier alpha value is -5.17. The van der Waals surface area contributed by atoms with Crippen molar-refractivity contribution in [3.8, 4) is 0 Å². The highest BCUT2D eigenvalue weighted by Gasteiger charge is 2.44. The molecule has 0 aliphatic carbocycles. The smallest absolute Gasteiger partial charge is 0.274 e. The molecule has 2 aromatic carbocycles. The van der Waals surface area contributed by atoms with E-state index in [0.29, 0.717) is 24.2 Å². The molecule has 4 aromatic rings. The lowest BCUT2D eigenvalue weighted by Crippen LogP contribution is -2.59. The van der Waals surface area contributed by atoms with Crippen LogP contribution in [-0.2, 0) is 16.0 Å². The van der Waals surface area contributed by atoms with Crippen LogP contribution >= 0.6 is 0 Å². The summed E-state index contributed by atoms with van der Waals surface area (Å²) < 4.78 is 15.3. The van der Waals surface area contributed by atoms with Crippen LogP contribution in [0.5, 0.6) is 0 Å². The first kappa shape index (κ1) is 36.1. The van der Waals surface area contributed by atoms with Gasteiger partial charge in [0, 0.05) is 49.8 Å². The van der Waals surface area contributed by atoms with Gasteiger partial charge < -0.3 is 25.8 Å². The van der Waals surface area contributed by atoms with Gasteiger partial charge in [-0.1, -0.05) is 51.1 Å². The Morgan fingerprint density at radius 1 is 1.04 bits per heavy atom. The van der Waals surface area contributed by atoms with Crippen LogP contribution in [0, 0.1) is 11.2 Å². The van der Waals surface area contributed by atoms with Gasteiger partial charge in [-0.05, 0) is 68.1 Å². The highest BCUT2D eigenvalue weighted by Crippen LogP contribution is 2.27. The Morgan fingerprint density at radius 2 is 1.76 bits per heavy atom.